The molecule has 1 atom stereocenters. The van der Waals surface area contributed by atoms with Crippen LogP contribution in [-0.4, -0.2) is 51.4 Å². The van der Waals surface area contributed by atoms with Crippen molar-refractivity contribution in [3.8, 4) is 5.75 Å². The van der Waals surface area contributed by atoms with Gasteiger partial charge in [0.05, 0.1) is 17.7 Å². The van der Waals surface area contributed by atoms with E-state index in [9.17, 15) is 18.0 Å². The van der Waals surface area contributed by atoms with Crippen LogP contribution in [0.4, 0.5) is 5.69 Å². The van der Waals surface area contributed by atoms with Crippen molar-refractivity contribution in [2.24, 2.45) is 0 Å². The first kappa shape index (κ1) is 28.0. The van der Waals surface area contributed by atoms with E-state index in [4.69, 9.17) is 16.3 Å². The summed E-state index contributed by atoms with van der Waals surface area (Å²) in [4.78, 5) is 27.9. The fraction of sp³-hybridized carbons (Fsp3) is 0.259. The smallest absolute Gasteiger partial charge is 0.264 e. The molecule has 1 N–H and O–H groups in total. The quantitative estimate of drug-likeness (QED) is 0.393. The van der Waals surface area contributed by atoms with Gasteiger partial charge in [-0.15, -0.1) is 0 Å². The molecule has 3 rings (SSSR count). The summed E-state index contributed by atoms with van der Waals surface area (Å²) in [6.07, 6.45) is 0. The highest BCUT2D eigenvalue weighted by Crippen LogP contribution is 2.28. The standard InChI is InChI=1S/C27H30ClN3O5S/c1-4-29-27(33)20(2)30(18-21-11-8-9-16-25(21)28)26(32)19-31(22-12-10-13-23(17-22)36-3)37(34,35)24-14-6-5-7-15-24/h5-17,20H,4,18-19H2,1-3H3,(H,29,33)/t20-/m1/s1. The summed E-state index contributed by atoms with van der Waals surface area (Å²) in [6, 6.07) is 20.4. The lowest BCUT2D eigenvalue weighted by molar-refractivity contribution is -0.139. The second-order valence-electron chi connectivity index (χ2n) is 8.21. The molecule has 0 saturated carbocycles. The van der Waals surface area contributed by atoms with Crippen molar-refractivity contribution in [1.29, 1.82) is 0 Å². The molecule has 8 nitrogen and oxygen atoms in total. The molecule has 0 saturated heterocycles. The first-order valence-corrected chi connectivity index (χ1v) is 13.5. The SMILES string of the molecule is CCNC(=O)[C@@H](C)N(Cc1ccccc1Cl)C(=O)CN(c1cccc(OC)c1)S(=O)(=O)c1ccccc1. The number of rotatable bonds is 11. The number of hydrogen-bond donors (Lipinski definition) is 1. The number of carbonyl (C=O) groups is 2. The number of sulfonamides is 1. The van der Waals surface area contributed by atoms with Crippen molar-refractivity contribution >= 4 is 39.1 Å². The zero-order valence-electron chi connectivity index (χ0n) is 20.9. The molecule has 2 amide bonds. The van der Waals surface area contributed by atoms with E-state index in [1.807, 2.05) is 0 Å². The monoisotopic (exact) mass is 543 g/mol. The van der Waals surface area contributed by atoms with Crippen LogP contribution in [0.2, 0.25) is 5.02 Å². The average molecular weight is 544 g/mol. The average Bonchev–Trinajstić information content (AvgIpc) is 2.91. The maximum absolute atomic E-state index is 13.8. The van der Waals surface area contributed by atoms with Crippen LogP contribution >= 0.6 is 11.6 Å². The number of ether oxygens (including phenoxy) is 1. The van der Waals surface area contributed by atoms with E-state index < -0.39 is 28.5 Å². The molecule has 0 spiro atoms. The number of likely N-dealkylation sites (N-methyl/N-ethyl adjacent to an activating group) is 1. The Bertz CT molecular complexity index is 1330. The van der Waals surface area contributed by atoms with Crippen LogP contribution in [-0.2, 0) is 26.2 Å². The summed E-state index contributed by atoms with van der Waals surface area (Å²) < 4.78 is 33.8. The normalized spacial score (nSPS) is 11.9. The van der Waals surface area contributed by atoms with Crippen LogP contribution in [0.25, 0.3) is 0 Å². The Morgan fingerprint density at radius 1 is 1.00 bits per heavy atom. The first-order chi connectivity index (χ1) is 17.7. The van der Waals surface area contributed by atoms with Gasteiger partial charge in [-0.25, -0.2) is 8.42 Å². The summed E-state index contributed by atoms with van der Waals surface area (Å²) in [6.45, 7) is 3.24. The highest BCUT2D eigenvalue weighted by Gasteiger charge is 2.32. The number of anilines is 1. The molecule has 0 heterocycles. The number of halogens is 1. The predicted octanol–water partition coefficient (Wildman–Crippen LogP) is 4.10. The topological polar surface area (TPSA) is 96.0 Å². The van der Waals surface area contributed by atoms with Crippen LogP contribution in [0, 0.1) is 0 Å². The van der Waals surface area contributed by atoms with E-state index >= 15 is 0 Å². The number of nitrogens with one attached hydrogen (secondary N) is 1. The second-order valence-corrected chi connectivity index (χ2v) is 10.5. The molecule has 0 aromatic heterocycles. The van der Waals surface area contributed by atoms with Gasteiger partial charge in [-0.05, 0) is 49.7 Å². The van der Waals surface area contributed by atoms with Gasteiger partial charge < -0.3 is 15.0 Å². The Morgan fingerprint density at radius 3 is 2.32 bits per heavy atom. The highest BCUT2D eigenvalue weighted by atomic mass is 35.5. The molecule has 0 unspecified atom stereocenters. The fourth-order valence-electron chi connectivity index (χ4n) is 3.73. The maximum Gasteiger partial charge on any atom is 0.264 e. The number of amides is 2. The molecule has 3 aromatic rings. The molecule has 37 heavy (non-hydrogen) atoms. The number of carbonyl (C=O) groups excluding carboxylic acids is 2. The fourth-order valence-corrected chi connectivity index (χ4v) is 5.35. The summed E-state index contributed by atoms with van der Waals surface area (Å²) in [5, 5.41) is 3.16. The number of methoxy groups -OCH3 is 1. The lowest BCUT2D eigenvalue weighted by atomic mass is 10.1. The molecule has 0 aliphatic heterocycles. The highest BCUT2D eigenvalue weighted by molar-refractivity contribution is 7.92. The van der Waals surface area contributed by atoms with E-state index in [1.165, 1.54) is 24.1 Å². The summed E-state index contributed by atoms with van der Waals surface area (Å²) in [7, 11) is -2.67. The van der Waals surface area contributed by atoms with E-state index in [-0.39, 0.29) is 23.0 Å². The van der Waals surface area contributed by atoms with Crippen molar-refractivity contribution in [2.75, 3.05) is 24.5 Å². The maximum atomic E-state index is 13.8. The lowest BCUT2D eigenvalue weighted by Crippen LogP contribution is -2.51. The molecule has 10 heteroatoms. The minimum Gasteiger partial charge on any atom is -0.497 e. The summed E-state index contributed by atoms with van der Waals surface area (Å²) >= 11 is 6.35. The van der Waals surface area contributed by atoms with Gasteiger partial charge >= 0.3 is 0 Å². The van der Waals surface area contributed by atoms with Gasteiger partial charge in [0.1, 0.15) is 18.3 Å². The Kier molecular flexibility index (Phi) is 9.54. The molecular weight excluding hydrogens is 514 g/mol. The van der Waals surface area contributed by atoms with Gasteiger partial charge in [0.15, 0.2) is 0 Å². The largest absolute Gasteiger partial charge is 0.497 e. The van der Waals surface area contributed by atoms with Gasteiger partial charge in [-0.3, -0.25) is 13.9 Å². The molecule has 3 aromatic carbocycles. The first-order valence-electron chi connectivity index (χ1n) is 11.7. The van der Waals surface area contributed by atoms with Gasteiger partial charge in [0.25, 0.3) is 10.0 Å². The Hall–Kier alpha value is -3.56. The van der Waals surface area contributed by atoms with Gasteiger partial charge in [-0.2, -0.15) is 0 Å². The molecule has 0 aliphatic carbocycles. The van der Waals surface area contributed by atoms with Crippen LogP contribution in [0.3, 0.4) is 0 Å². The van der Waals surface area contributed by atoms with Gasteiger partial charge in [-0.1, -0.05) is 54.1 Å². The summed E-state index contributed by atoms with van der Waals surface area (Å²) in [5.74, 6) is -0.496. The minimum absolute atomic E-state index is 0.0220. The third kappa shape index (κ3) is 6.81. The zero-order chi connectivity index (χ0) is 27.0. The van der Waals surface area contributed by atoms with Gasteiger partial charge in [0, 0.05) is 24.2 Å². The molecule has 196 valence electrons. The van der Waals surface area contributed by atoms with E-state index in [0.717, 1.165) is 4.31 Å². The predicted molar refractivity (Wildman–Crippen MR) is 144 cm³/mol. The van der Waals surface area contributed by atoms with Crippen LogP contribution < -0.4 is 14.4 Å². The molecule has 0 radical (unpaired) electrons. The van der Waals surface area contributed by atoms with E-state index in [2.05, 4.69) is 5.32 Å². The van der Waals surface area contributed by atoms with E-state index in [1.54, 1.807) is 80.6 Å². The van der Waals surface area contributed by atoms with Crippen LogP contribution in [0.15, 0.2) is 83.8 Å². The third-order valence-electron chi connectivity index (χ3n) is 5.77. The van der Waals surface area contributed by atoms with Crippen molar-refractivity contribution < 1.29 is 22.7 Å². The van der Waals surface area contributed by atoms with Crippen molar-refractivity contribution in [3.63, 3.8) is 0 Å². The van der Waals surface area contributed by atoms with Crippen molar-refractivity contribution in [1.82, 2.24) is 10.2 Å². The summed E-state index contributed by atoms with van der Waals surface area (Å²) in [5.41, 5.74) is 0.882. The van der Waals surface area contributed by atoms with Gasteiger partial charge in [0.2, 0.25) is 11.8 Å². The molecule has 0 aliphatic rings. The van der Waals surface area contributed by atoms with Crippen LogP contribution in [0.5, 0.6) is 5.75 Å². The second kappa shape index (κ2) is 12.6. The Morgan fingerprint density at radius 2 is 1.68 bits per heavy atom. The Balaban J connectivity index is 2.05. The third-order valence-corrected chi connectivity index (χ3v) is 7.93. The number of benzene rings is 3. The zero-order valence-corrected chi connectivity index (χ0v) is 22.5. The lowest BCUT2D eigenvalue weighted by Gasteiger charge is -2.32. The van der Waals surface area contributed by atoms with Crippen LogP contribution in [0.1, 0.15) is 19.4 Å². The minimum atomic E-state index is -4.14. The van der Waals surface area contributed by atoms with Crippen molar-refractivity contribution in [2.45, 2.75) is 31.3 Å². The molecule has 0 bridgehead atoms. The molecular formula is C27H30ClN3O5S. The molecule has 0 fully saturated rings. The number of hydrogen-bond acceptors (Lipinski definition) is 5. The number of nitrogens with zero attached hydrogens (tertiary/aromatic N) is 2. The Labute approximate surface area is 222 Å². The van der Waals surface area contributed by atoms with Crippen molar-refractivity contribution in [3.05, 3.63) is 89.4 Å². The van der Waals surface area contributed by atoms with E-state index in [0.29, 0.717) is 22.9 Å².